The fourth-order valence-electron chi connectivity index (χ4n) is 4.11. The average Bonchev–Trinajstić information content (AvgIpc) is 3.12. The van der Waals surface area contributed by atoms with E-state index in [4.69, 9.17) is 0 Å². The lowest BCUT2D eigenvalue weighted by molar-refractivity contribution is -0.136. The smallest absolute Gasteiger partial charge is 0.233 e. The van der Waals surface area contributed by atoms with Gasteiger partial charge in [-0.05, 0) is 25.0 Å². The second kappa shape index (κ2) is 10.8. The monoisotopic (exact) mass is 471 g/mol. The van der Waals surface area contributed by atoms with Crippen molar-refractivity contribution >= 4 is 29.5 Å². The van der Waals surface area contributed by atoms with Gasteiger partial charge in [-0.1, -0.05) is 18.2 Å². The fourth-order valence-corrected chi connectivity index (χ4v) is 4.98. The van der Waals surface area contributed by atoms with Crippen LogP contribution in [0.15, 0.2) is 29.7 Å². The van der Waals surface area contributed by atoms with Gasteiger partial charge in [0.05, 0.1) is 24.2 Å². The van der Waals surface area contributed by atoms with Gasteiger partial charge in [-0.3, -0.25) is 23.9 Å². The van der Waals surface area contributed by atoms with Crippen LogP contribution in [-0.2, 0) is 20.9 Å². The molecule has 2 aliphatic heterocycles. The van der Waals surface area contributed by atoms with Gasteiger partial charge in [-0.2, -0.15) is 0 Å². The maximum Gasteiger partial charge on any atom is 0.233 e. The summed E-state index contributed by atoms with van der Waals surface area (Å²) in [5, 5.41) is 9.31. The zero-order valence-electron chi connectivity index (χ0n) is 18.9. The number of amides is 3. The molecule has 2 fully saturated rings. The van der Waals surface area contributed by atoms with E-state index < -0.39 is 0 Å². The first kappa shape index (κ1) is 23.2. The number of likely N-dealkylation sites (tertiary alicyclic amines) is 1. The Bertz CT molecular complexity index is 989. The van der Waals surface area contributed by atoms with Crippen molar-refractivity contribution in [3.05, 3.63) is 30.4 Å². The van der Waals surface area contributed by atoms with Gasteiger partial charge in [0.1, 0.15) is 0 Å². The third-order valence-corrected chi connectivity index (χ3v) is 6.92. The molecule has 11 heteroatoms. The summed E-state index contributed by atoms with van der Waals surface area (Å²) in [5.74, 6) is 1.07. The van der Waals surface area contributed by atoms with Crippen LogP contribution in [0.3, 0.4) is 0 Å². The van der Waals surface area contributed by atoms with Crippen LogP contribution in [0.4, 0.5) is 0 Å². The molecule has 0 atom stereocenters. The van der Waals surface area contributed by atoms with Crippen LogP contribution < -0.4 is 0 Å². The van der Waals surface area contributed by atoms with Gasteiger partial charge in [0.15, 0.2) is 11.0 Å². The van der Waals surface area contributed by atoms with Crippen molar-refractivity contribution < 1.29 is 14.4 Å². The number of carbonyl (C=O) groups excluding carboxylic acids is 3. The molecule has 0 saturated carbocycles. The first-order valence-corrected chi connectivity index (χ1v) is 12.3. The predicted molar refractivity (Wildman–Crippen MR) is 123 cm³/mol. The molecule has 0 aliphatic carbocycles. The molecule has 33 heavy (non-hydrogen) atoms. The van der Waals surface area contributed by atoms with E-state index in [1.54, 1.807) is 29.1 Å². The topological polar surface area (TPSA) is 105 Å². The van der Waals surface area contributed by atoms with Crippen molar-refractivity contribution in [2.45, 2.75) is 44.3 Å². The number of rotatable bonds is 6. The minimum atomic E-state index is 0.00758. The van der Waals surface area contributed by atoms with Gasteiger partial charge in [-0.25, -0.2) is 0 Å². The van der Waals surface area contributed by atoms with Crippen molar-refractivity contribution in [1.29, 1.82) is 0 Å². The van der Waals surface area contributed by atoms with Gasteiger partial charge in [0, 0.05) is 52.3 Å². The molecule has 3 amide bonds. The van der Waals surface area contributed by atoms with Crippen molar-refractivity contribution in [2.24, 2.45) is 0 Å². The standard InChI is InChI=1S/C22H29N7O3S/c1-17(30)26-10-12-27(13-11-26)21(32)16-33-22-25-24-19(29(22)18-6-5-8-23-14-18)15-28-9-4-2-3-7-20(28)31/h5-6,8,14H,2-4,7,9-13,15-16H2,1H3. The number of thioether (sulfide) groups is 1. The van der Waals surface area contributed by atoms with E-state index in [1.807, 2.05) is 21.6 Å². The molecule has 4 heterocycles. The summed E-state index contributed by atoms with van der Waals surface area (Å²) in [6, 6.07) is 3.75. The lowest BCUT2D eigenvalue weighted by Gasteiger charge is -2.34. The van der Waals surface area contributed by atoms with E-state index in [2.05, 4.69) is 15.2 Å². The summed E-state index contributed by atoms with van der Waals surface area (Å²) in [5.41, 5.74) is 0.796. The Morgan fingerprint density at radius 3 is 2.55 bits per heavy atom. The molecule has 0 unspecified atom stereocenters. The zero-order chi connectivity index (χ0) is 23.2. The first-order valence-electron chi connectivity index (χ1n) is 11.3. The van der Waals surface area contributed by atoms with Crippen LogP contribution in [0.5, 0.6) is 0 Å². The summed E-state index contributed by atoms with van der Waals surface area (Å²) in [6.07, 6.45) is 6.95. The highest BCUT2D eigenvalue weighted by atomic mass is 32.2. The number of pyridine rings is 1. The van der Waals surface area contributed by atoms with Gasteiger partial charge >= 0.3 is 0 Å². The van der Waals surface area contributed by atoms with Gasteiger partial charge in [-0.15, -0.1) is 10.2 Å². The Morgan fingerprint density at radius 1 is 1.03 bits per heavy atom. The number of nitrogens with zero attached hydrogens (tertiary/aromatic N) is 7. The van der Waals surface area contributed by atoms with E-state index >= 15 is 0 Å². The van der Waals surface area contributed by atoms with Crippen LogP contribution in [0.25, 0.3) is 5.69 Å². The van der Waals surface area contributed by atoms with Gasteiger partial charge < -0.3 is 14.7 Å². The second-order valence-corrected chi connectivity index (χ2v) is 9.19. The third kappa shape index (κ3) is 5.70. The molecule has 2 aliphatic rings. The number of piperazine rings is 1. The molecule has 2 aromatic heterocycles. The molecule has 0 N–H and O–H groups in total. The number of aromatic nitrogens is 4. The molecule has 0 bridgehead atoms. The highest BCUT2D eigenvalue weighted by molar-refractivity contribution is 7.99. The molecule has 4 rings (SSSR count). The van der Waals surface area contributed by atoms with Crippen molar-refractivity contribution in [3.8, 4) is 5.69 Å². The third-order valence-electron chi connectivity index (χ3n) is 6.01. The normalized spacial score (nSPS) is 17.2. The van der Waals surface area contributed by atoms with E-state index in [0.717, 1.165) is 24.9 Å². The van der Waals surface area contributed by atoms with E-state index in [-0.39, 0.29) is 23.5 Å². The molecule has 0 aromatic carbocycles. The lowest BCUT2D eigenvalue weighted by Crippen LogP contribution is -2.50. The number of hydrogen-bond acceptors (Lipinski definition) is 7. The zero-order valence-corrected chi connectivity index (χ0v) is 19.7. The minimum absolute atomic E-state index is 0.00758. The van der Waals surface area contributed by atoms with Gasteiger partial charge in [0.25, 0.3) is 0 Å². The predicted octanol–water partition coefficient (Wildman–Crippen LogP) is 1.35. The van der Waals surface area contributed by atoms with Crippen molar-refractivity contribution in [2.75, 3.05) is 38.5 Å². The highest BCUT2D eigenvalue weighted by Crippen LogP contribution is 2.24. The molecule has 10 nitrogen and oxygen atoms in total. The molecular weight excluding hydrogens is 442 g/mol. The second-order valence-electron chi connectivity index (χ2n) is 8.25. The van der Waals surface area contributed by atoms with Crippen LogP contribution >= 0.6 is 11.8 Å². The van der Waals surface area contributed by atoms with Crippen LogP contribution in [0.2, 0.25) is 0 Å². The largest absolute Gasteiger partial charge is 0.339 e. The van der Waals surface area contributed by atoms with E-state index in [1.165, 1.54) is 11.8 Å². The Hall–Kier alpha value is -2.95. The quantitative estimate of drug-likeness (QED) is 0.586. The Kier molecular flexibility index (Phi) is 7.58. The lowest BCUT2D eigenvalue weighted by atomic mass is 10.2. The number of hydrogen-bond donors (Lipinski definition) is 0. The van der Waals surface area contributed by atoms with Crippen LogP contribution in [0.1, 0.15) is 38.4 Å². The fraction of sp³-hybridized carbons (Fsp3) is 0.545. The summed E-state index contributed by atoms with van der Waals surface area (Å²) in [6.45, 7) is 4.84. The van der Waals surface area contributed by atoms with E-state index in [9.17, 15) is 14.4 Å². The molecule has 2 saturated heterocycles. The first-order chi connectivity index (χ1) is 16.0. The van der Waals surface area contributed by atoms with Crippen LogP contribution in [-0.4, -0.2) is 90.6 Å². The molecule has 0 radical (unpaired) electrons. The molecule has 176 valence electrons. The summed E-state index contributed by atoms with van der Waals surface area (Å²) < 4.78 is 1.89. The van der Waals surface area contributed by atoms with Gasteiger partial charge in [0.2, 0.25) is 17.7 Å². The van der Waals surface area contributed by atoms with Crippen LogP contribution in [0, 0.1) is 0 Å². The Labute approximate surface area is 197 Å². The summed E-state index contributed by atoms with van der Waals surface area (Å²) in [7, 11) is 0. The maximum atomic E-state index is 12.8. The summed E-state index contributed by atoms with van der Waals surface area (Å²) >= 11 is 1.32. The maximum absolute atomic E-state index is 12.8. The van der Waals surface area contributed by atoms with Crippen molar-refractivity contribution in [1.82, 2.24) is 34.4 Å². The Morgan fingerprint density at radius 2 is 1.82 bits per heavy atom. The summed E-state index contributed by atoms with van der Waals surface area (Å²) in [4.78, 5) is 46.4. The molecule has 2 aromatic rings. The van der Waals surface area contributed by atoms with E-state index in [0.29, 0.717) is 56.7 Å². The highest BCUT2D eigenvalue weighted by Gasteiger charge is 2.25. The molecule has 0 spiro atoms. The minimum Gasteiger partial charge on any atom is -0.339 e. The van der Waals surface area contributed by atoms with Crippen molar-refractivity contribution in [3.63, 3.8) is 0 Å². The average molecular weight is 472 g/mol. The molecular formula is C22H29N7O3S. The Balaban J connectivity index is 1.47. The number of carbonyl (C=O) groups is 3. The SMILES string of the molecule is CC(=O)N1CCN(C(=O)CSc2nnc(CN3CCCCCC3=O)n2-c2cccnc2)CC1.